The number of aromatic amines is 1. The summed E-state index contributed by atoms with van der Waals surface area (Å²) in [6, 6.07) is 13.9. The van der Waals surface area contributed by atoms with E-state index in [4.69, 9.17) is 9.97 Å². The smallest absolute Gasteiger partial charge is 0.0932 e. The Morgan fingerprint density at radius 2 is 1.73 bits per heavy atom. The number of aromatic nitrogens is 4. The predicted molar refractivity (Wildman–Crippen MR) is 153 cm³/mol. The van der Waals surface area contributed by atoms with E-state index in [1.807, 2.05) is 12.4 Å². The lowest BCUT2D eigenvalue weighted by Gasteiger charge is -2.35. The van der Waals surface area contributed by atoms with Gasteiger partial charge in [-0.25, -0.2) is 4.98 Å². The fourth-order valence-corrected chi connectivity index (χ4v) is 5.17. The zero-order valence-corrected chi connectivity index (χ0v) is 22.2. The van der Waals surface area contributed by atoms with E-state index in [-0.39, 0.29) is 0 Å². The molecule has 1 saturated heterocycles. The lowest BCUT2D eigenvalue weighted by molar-refractivity contribution is 0.165. The number of imidazole rings is 1. The van der Waals surface area contributed by atoms with Crippen LogP contribution >= 0.6 is 0 Å². The summed E-state index contributed by atoms with van der Waals surface area (Å²) in [4.78, 5) is 19.9. The fourth-order valence-electron chi connectivity index (χ4n) is 5.17. The second kappa shape index (κ2) is 11.2. The Labute approximate surface area is 219 Å². The molecule has 4 heterocycles. The van der Waals surface area contributed by atoms with E-state index in [0.29, 0.717) is 12.1 Å². The average Bonchev–Trinajstić information content (AvgIpc) is 3.38. The third-order valence-corrected chi connectivity index (χ3v) is 6.88. The quantitative estimate of drug-likeness (QED) is 0.299. The van der Waals surface area contributed by atoms with Crippen LogP contribution in [0.2, 0.25) is 0 Å². The van der Waals surface area contributed by atoms with Gasteiger partial charge >= 0.3 is 0 Å². The molecule has 2 unspecified atom stereocenters. The fraction of sp³-hybridized carbons (Fsp3) is 0.323. The van der Waals surface area contributed by atoms with Crippen LogP contribution in [-0.2, 0) is 6.54 Å². The molecule has 0 aliphatic carbocycles. The Kier molecular flexibility index (Phi) is 7.58. The van der Waals surface area contributed by atoms with Crippen LogP contribution in [0.25, 0.3) is 38.9 Å². The third-order valence-electron chi connectivity index (χ3n) is 6.88. The normalized spacial score (nSPS) is 19.2. The highest BCUT2D eigenvalue weighted by atomic mass is 15.2. The lowest BCUT2D eigenvalue weighted by Crippen LogP contribution is -2.53. The molecule has 6 heteroatoms. The molecule has 1 aliphatic rings. The molecule has 0 bridgehead atoms. The number of hydrogen-bond acceptors (Lipinski definition) is 5. The minimum atomic E-state index is 0.507. The highest BCUT2D eigenvalue weighted by molar-refractivity contribution is 5.89. The topological polar surface area (TPSA) is 69.7 Å². The Morgan fingerprint density at radius 3 is 2.49 bits per heavy atom. The Morgan fingerprint density at radius 1 is 0.973 bits per heavy atom. The maximum atomic E-state index is 4.78. The van der Waals surface area contributed by atoms with Gasteiger partial charge in [-0.2, -0.15) is 0 Å². The van der Waals surface area contributed by atoms with Crippen LogP contribution < -0.4 is 5.32 Å². The summed E-state index contributed by atoms with van der Waals surface area (Å²) in [7, 11) is 0. The number of nitrogens with zero attached hydrogens (tertiary/aromatic N) is 4. The molecule has 190 valence electrons. The Balaban J connectivity index is 1.38. The van der Waals surface area contributed by atoms with Crippen LogP contribution in [-0.4, -0.2) is 50.0 Å². The summed E-state index contributed by atoms with van der Waals surface area (Å²) in [6.45, 7) is 11.7. The first-order valence-electron chi connectivity index (χ1n) is 13.2. The first kappa shape index (κ1) is 25.1. The van der Waals surface area contributed by atoms with Crippen LogP contribution in [0.15, 0.2) is 73.3 Å². The van der Waals surface area contributed by atoms with Crippen molar-refractivity contribution >= 4 is 16.5 Å². The van der Waals surface area contributed by atoms with Crippen molar-refractivity contribution in [3.8, 4) is 22.4 Å². The first-order chi connectivity index (χ1) is 18.0. The van der Waals surface area contributed by atoms with Gasteiger partial charge in [0.1, 0.15) is 0 Å². The maximum Gasteiger partial charge on any atom is 0.0932 e. The number of allylic oxidation sites excluding steroid dienone is 4. The van der Waals surface area contributed by atoms with E-state index in [2.05, 4.69) is 103 Å². The summed E-state index contributed by atoms with van der Waals surface area (Å²) in [5.41, 5.74) is 8.44. The highest BCUT2D eigenvalue weighted by Crippen LogP contribution is 2.30. The Bertz CT molecular complexity index is 1410. The minimum absolute atomic E-state index is 0.507. The molecule has 0 spiro atoms. The van der Waals surface area contributed by atoms with E-state index < -0.39 is 0 Å². The number of pyridine rings is 2. The second-order valence-electron chi connectivity index (χ2n) is 10.1. The van der Waals surface area contributed by atoms with Gasteiger partial charge in [-0.05, 0) is 57.0 Å². The summed E-state index contributed by atoms with van der Waals surface area (Å²) in [5.74, 6) is 0. The summed E-state index contributed by atoms with van der Waals surface area (Å²) in [6.07, 6.45) is 13.0. The number of benzene rings is 1. The van der Waals surface area contributed by atoms with Crippen LogP contribution in [0.5, 0.6) is 0 Å². The zero-order valence-electron chi connectivity index (χ0n) is 22.2. The highest BCUT2D eigenvalue weighted by Gasteiger charge is 2.21. The molecule has 1 fully saturated rings. The van der Waals surface area contributed by atoms with E-state index in [9.17, 15) is 0 Å². The van der Waals surface area contributed by atoms with Crippen molar-refractivity contribution in [2.75, 3.05) is 13.1 Å². The molecule has 1 aliphatic heterocycles. The maximum absolute atomic E-state index is 4.78. The van der Waals surface area contributed by atoms with Crippen LogP contribution in [0, 0.1) is 0 Å². The molecule has 0 saturated carbocycles. The van der Waals surface area contributed by atoms with Gasteiger partial charge in [0.15, 0.2) is 0 Å². The van der Waals surface area contributed by atoms with Crippen LogP contribution in [0.3, 0.4) is 0 Å². The first-order valence-corrected chi connectivity index (χ1v) is 13.2. The molecule has 4 aromatic rings. The van der Waals surface area contributed by atoms with Crippen molar-refractivity contribution in [1.82, 2.24) is 30.2 Å². The molecule has 6 nitrogen and oxygen atoms in total. The number of fused-ring (bicyclic) bond motifs is 1. The number of H-pyrrole nitrogens is 1. The number of rotatable bonds is 7. The summed E-state index contributed by atoms with van der Waals surface area (Å²) >= 11 is 0. The van der Waals surface area contributed by atoms with Crippen molar-refractivity contribution in [1.29, 1.82) is 0 Å². The van der Waals surface area contributed by atoms with Gasteiger partial charge in [0, 0.05) is 66.2 Å². The molecule has 0 amide bonds. The summed E-state index contributed by atoms with van der Waals surface area (Å²) < 4.78 is 0. The van der Waals surface area contributed by atoms with Crippen molar-refractivity contribution in [2.45, 2.75) is 52.7 Å². The molecule has 0 radical (unpaired) electrons. The van der Waals surface area contributed by atoms with Gasteiger partial charge in [-0.1, -0.05) is 37.3 Å². The SMILES string of the molecule is CC/C=C\C=C(/C)c1nc[nH]c1-c1ccc2ncc(-c3ccc(CN4CC(C)NC(C)C4)nc3)cc2c1. The monoisotopic (exact) mass is 492 g/mol. The van der Waals surface area contributed by atoms with Crippen LogP contribution in [0.4, 0.5) is 0 Å². The molecule has 37 heavy (non-hydrogen) atoms. The average molecular weight is 493 g/mol. The molecule has 3 aromatic heterocycles. The number of nitrogens with one attached hydrogen (secondary N) is 2. The second-order valence-corrected chi connectivity index (χ2v) is 10.1. The largest absolute Gasteiger partial charge is 0.344 e. The van der Waals surface area contributed by atoms with E-state index >= 15 is 0 Å². The van der Waals surface area contributed by atoms with Crippen LogP contribution in [0.1, 0.15) is 45.5 Å². The molecule has 1 aromatic carbocycles. The molecule has 2 atom stereocenters. The van der Waals surface area contributed by atoms with Crippen molar-refractivity contribution < 1.29 is 0 Å². The van der Waals surface area contributed by atoms with E-state index in [1.165, 1.54) is 0 Å². The van der Waals surface area contributed by atoms with Gasteiger partial charge in [0.2, 0.25) is 0 Å². The lowest BCUT2D eigenvalue weighted by atomic mass is 10.0. The van der Waals surface area contributed by atoms with Crippen molar-refractivity contribution in [3.63, 3.8) is 0 Å². The van der Waals surface area contributed by atoms with Gasteiger partial charge in [0.05, 0.1) is 28.9 Å². The predicted octanol–water partition coefficient (Wildman–Crippen LogP) is 6.24. The molecular formula is C31H36N6. The molecule has 2 N–H and O–H groups in total. The molecule has 5 rings (SSSR count). The van der Waals surface area contributed by atoms with Gasteiger partial charge < -0.3 is 10.3 Å². The van der Waals surface area contributed by atoms with Crippen molar-refractivity contribution in [2.24, 2.45) is 0 Å². The van der Waals surface area contributed by atoms with Crippen molar-refractivity contribution in [3.05, 3.63) is 84.7 Å². The molecular weight excluding hydrogens is 456 g/mol. The third kappa shape index (κ3) is 5.87. The zero-order chi connectivity index (χ0) is 25.8. The number of piperazine rings is 1. The Hall–Kier alpha value is -3.61. The van der Waals surface area contributed by atoms with Gasteiger partial charge in [-0.15, -0.1) is 0 Å². The van der Waals surface area contributed by atoms with E-state index in [1.54, 1.807) is 6.33 Å². The van der Waals surface area contributed by atoms with E-state index in [0.717, 1.165) is 76.3 Å². The van der Waals surface area contributed by atoms with Gasteiger partial charge in [0.25, 0.3) is 0 Å². The summed E-state index contributed by atoms with van der Waals surface area (Å²) in [5, 5.41) is 4.69. The number of hydrogen-bond donors (Lipinski definition) is 2. The standard InChI is InChI=1S/C31H36N6/c1-5-6-7-8-21(2)30-31(35-20-34-30)24-10-12-29-26(13-24)14-27(16-33-29)25-9-11-28(32-15-25)19-37-17-22(3)36-23(4)18-37/h6-16,20,22-23,36H,5,17-19H2,1-4H3,(H,34,35)/b7-6-,21-8+. The van der Waals surface area contributed by atoms with Gasteiger partial charge in [-0.3, -0.25) is 14.9 Å². The minimum Gasteiger partial charge on any atom is -0.344 e.